The van der Waals surface area contributed by atoms with Gasteiger partial charge in [0.1, 0.15) is 0 Å². The van der Waals surface area contributed by atoms with Crippen LogP contribution in [0.1, 0.15) is 38.2 Å². The number of hydrogen-bond donors (Lipinski definition) is 1. The smallest absolute Gasteiger partial charge is 0.314 e. The van der Waals surface area contributed by atoms with Gasteiger partial charge in [-0.25, -0.2) is 0 Å². The van der Waals surface area contributed by atoms with Crippen LogP contribution in [-0.4, -0.2) is 16.0 Å². The zero-order valence-corrected chi connectivity index (χ0v) is 10.8. The van der Waals surface area contributed by atoms with Crippen molar-refractivity contribution in [3.63, 3.8) is 0 Å². The number of benzene rings is 1. The standard InChI is InChI=1S/C14H17NO4/c1-2-3-10-8-14(9-10,13(16)17)11-4-6-12(7-5-11)15(18)19/h4-7,10H,2-3,8-9H2,1H3,(H,16,17). The summed E-state index contributed by atoms with van der Waals surface area (Å²) in [4.78, 5) is 21.7. The number of rotatable bonds is 5. The van der Waals surface area contributed by atoms with Gasteiger partial charge in [-0.05, 0) is 24.3 Å². The van der Waals surface area contributed by atoms with Crippen LogP contribution in [0.15, 0.2) is 24.3 Å². The third-order valence-electron chi connectivity index (χ3n) is 4.01. The van der Waals surface area contributed by atoms with E-state index >= 15 is 0 Å². The molecule has 1 aromatic carbocycles. The van der Waals surface area contributed by atoms with Crippen LogP contribution in [0, 0.1) is 16.0 Å². The summed E-state index contributed by atoms with van der Waals surface area (Å²) in [6.07, 6.45) is 3.37. The van der Waals surface area contributed by atoms with E-state index in [1.807, 2.05) is 0 Å². The Labute approximate surface area is 111 Å². The van der Waals surface area contributed by atoms with Gasteiger partial charge in [0.15, 0.2) is 0 Å². The van der Waals surface area contributed by atoms with Crippen molar-refractivity contribution >= 4 is 11.7 Å². The molecule has 0 bridgehead atoms. The molecular weight excluding hydrogens is 246 g/mol. The van der Waals surface area contributed by atoms with Crippen molar-refractivity contribution in [3.05, 3.63) is 39.9 Å². The topological polar surface area (TPSA) is 80.4 Å². The minimum Gasteiger partial charge on any atom is -0.481 e. The number of nitro benzene ring substituents is 1. The molecule has 0 unspecified atom stereocenters. The molecule has 0 atom stereocenters. The molecule has 102 valence electrons. The second-order valence-electron chi connectivity index (χ2n) is 5.25. The van der Waals surface area contributed by atoms with Crippen LogP contribution >= 0.6 is 0 Å². The van der Waals surface area contributed by atoms with Gasteiger partial charge in [0.2, 0.25) is 0 Å². The van der Waals surface area contributed by atoms with Crippen LogP contribution in [0.4, 0.5) is 5.69 Å². The number of carbonyl (C=O) groups is 1. The molecule has 1 fully saturated rings. The second-order valence-corrected chi connectivity index (χ2v) is 5.25. The zero-order chi connectivity index (χ0) is 14.0. The molecule has 0 radical (unpaired) electrons. The fourth-order valence-corrected chi connectivity index (χ4v) is 2.97. The summed E-state index contributed by atoms with van der Waals surface area (Å²) in [5.74, 6) is -0.370. The number of non-ortho nitro benzene ring substituents is 1. The van der Waals surface area contributed by atoms with Gasteiger partial charge in [-0.3, -0.25) is 14.9 Å². The normalized spacial score (nSPS) is 25.6. The van der Waals surface area contributed by atoms with Crippen LogP contribution < -0.4 is 0 Å². The van der Waals surface area contributed by atoms with Gasteiger partial charge in [-0.2, -0.15) is 0 Å². The van der Waals surface area contributed by atoms with Gasteiger partial charge in [-0.15, -0.1) is 0 Å². The van der Waals surface area contributed by atoms with Crippen molar-refractivity contribution in [1.29, 1.82) is 0 Å². The third-order valence-corrected chi connectivity index (χ3v) is 4.01. The third kappa shape index (κ3) is 2.32. The van der Waals surface area contributed by atoms with Gasteiger partial charge in [0.25, 0.3) is 5.69 Å². The molecule has 0 heterocycles. The lowest BCUT2D eigenvalue weighted by Crippen LogP contribution is -2.47. The highest BCUT2D eigenvalue weighted by molar-refractivity contribution is 5.83. The molecular formula is C14H17NO4. The number of nitrogens with zero attached hydrogens (tertiary/aromatic N) is 1. The van der Waals surface area contributed by atoms with Gasteiger partial charge in [0.05, 0.1) is 10.3 Å². The predicted octanol–water partition coefficient (Wildman–Crippen LogP) is 3.13. The van der Waals surface area contributed by atoms with Gasteiger partial charge in [0, 0.05) is 12.1 Å². The highest BCUT2D eigenvalue weighted by Crippen LogP contribution is 2.50. The van der Waals surface area contributed by atoms with E-state index in [1.54, 1.807) is 12.1 Å². The van der Waals surface area contributed by atoms with Crippen molar-refractivity contribution in [2.75, 3.05) is 0 Å². The highest BCUT2D eigenvalue weighted by Gasteiger charge is 2.51. The van der Waals surface area contributed by atoms with Crippen LogP contribution in [0.2, 0.25) is 0 Å². The summed E-state index contributed by atoms with van der Waals surface area (Å²) in [6, 6.07) is 5.92. The van der Waals surface area contributed by atoms with Crippen molar-refractivity contribution in [2.45, 2.75) is 38.0 Å². The average Bonchev–Trinajstić information content (AvgIpc) is 2.33. The lowest BCUT2D eigenvalue weighted by Gasteiger charge is -2.45. The van der Waals surface area contributed by atoms with Crippen molar-refractivity contribution in [2.24, 2.45) is 5.92 Å². The molecule has 1 aromatic rings. The van der Waals surface area contributed by atoms with Crippen molar-refractivity contribution in [3.8, 4) is 0 Å². The van der Waals surface area contributed by atoms with E-state index in [0.717, 1.165) is 12.8 Å². The van der Waals surface area contributed by atoms with E-state index in [2.05, 4.69) is 6.92 Å². The second kappa shape index (κ2) is 4.99. The molecule has 5 heteroatoms. The van der Waals surface area contributed by atoms with Crippen LogP contribution in [0.3, 0.4) is 0 Å². The van der Waals surface area contributed by atoms with E-state index in [9.17, 15) is 20.0 Å². The fourth-order valence-electron chi connectivity index (χ4n) is 2.97. The van der Waals surface area contributed by atoms with Crippen LogP contribution in [0.5, 0.6) is 0 Å². The maximum Gasteiger partial charge on any atom is 0.314 e. The first-order valence-corrected chi connectivity index (χ1v) is 6.48. The highest BCUT2D eigenvalue weighted by atomic mass is 16.6. The van der Waals surface area contributed by atoms with Gasteiger partial charge < -0.3 is 5.11 Å². The number of carboxylic acid groups (broad SMARTS) is 1. The maximum atomic E-state index is 11.5. The molecule has 1 saturated carbocycles. The first-order chi connectivity index (χ1) is 8.99. The Morgan fingerprint density at radius 1 is 1.42 bits per heavy atom. The molecule has 0 amide bonds. The Morgan fingerprint density at radius 3 is 2.42 bits per heavy atom. The van der Waals surface area contributed by atoms with Crippen LogP contribution in [0.25, 0.3) is 0 Å². The van der Waals surface area contributed by atoms with Crippen LogP contribution in [-0.2, 0) is 10.2 Å². The molecule has 2 rings (SSSR count). The molecule has 5 nitrogen and oxygen atoms in total. The number of hydrogen-bond acceptors (Lipinski definition) is 3. The molecule has 19 heavy (non-hydrogen) atoms. The van der Waals surface area contributed by atoms with E-state index in [-0.39, 0.29) is 5.69 Å². The monoisotopic (exact) mass is 263 g/mol. The Morgan fingerprint density at radius 2 is 2.00 bits per heavy atom. The van der Waals surface area contributed by atoms with E-state index in [1.165, 1.54) is 12.1 Å². The molecule has 0 saturated heterocycles. The van der Waals surface area contributed by atoms with Crippen molar-refractivity contribution < 1.29 is 14.8 Å². The Kier molecular flexibility index (Phi) is 3.55. The quantitative estimate of drug-likeness (QED) is 0.653. The van der Waals surface area contributed by atoms with Crippen molar-refractivity contribution in [1.82, 2.24) is 0 Å². The first kappa shape index (κ1) is 13.5. The summed E-state index contributed by atoms with van der Waals surface area (Å²) in [7, 11) is 0. The molecule has 0 aromatic heterocycles. The largest absolute Gasteiger partial charge is 0.481 e. The Hall–Kier alpha value is -1.91. The number of aliphatic carboxylic acids is 1. The molecule has 0 aliphatic heterocycles. The lowest BCUT2D eigenvalue weighted by atomic mass is 9.57. The molecule has 1 aliphatic carbocycles. The van der Waals surface area contributed by atoms with E-state index < -0.39 is 16.3 Å². The Bertz CT molecular complexity index is 489. The zero-order valence-electron chi connectivity index (χ0n) is 10.8. The van der Waals surface area contributed by atoms with Gasteiger partial charge >= 0.3 is 5.97 Å². The number of carboxylic acids is 1. The molecule has 1 aliphatic rings. The fraction of sp³-hybridized carbons (Fsp3) is 0.500. The first-order valence-electron chi connectivity index (χ1n) is 6.48. The summed E-state index contributed by atoms with van der Waals surface area (Å²) < 4.78 is 0. The summed E-state index contributed by atoms with van der Waals surface area (Å²) in [5, 5.41) is 20.1. The summed E-state index contributed by atoms with van der Waals surface area (Å²) >= 11 is 0. The maximum absolute atomic E-state index is 11.5. The molecule has 1 N–H and O–H groups in total. The minimum absolute atomic E-state index is 0.00581. The summed E-state index contributed by atoms with van der Waals surface area (Å²) in [6.45, 7) is 2.09. The van der Waals surface area contributed by atoms with E-state index in [4.69, 9.17) is 0 Å². The lowest BCUT2D eigenvalue weighted by molar-refractivity contribution is -0.384. The minimum atomic E-state index is -0.838. The Balaban J connectivity index is 2.22. The van der Waals surface area contributed by atoms with Gasteiger partial charge in [-0.1, -0.05) is 31.9 Å². The van der Waals surface area contributed by atoms with E-state index in [0.29, 0.717) is 24.3 Å². The SMILES string of the molecule is CCCC1CC(C(=O)O)(c2ccc([N+](=O)[O-])cc2)C1. The predicted molar refractivity (Wildman–Crippen MR) is 70.0 cm³/mol. The summed E-state index contributed by atoms with van der Waals surface area (Å²) in [5.41, 5.74) is -0.165. The number of nitro groups is 1. The molecule has 0 spiro atoms. The average molecular weight is 263 g/mol.